The molecule has 0 saturated heterocycles. The third-order valence-corrected chi connectivity index (χ3v) is 2.62. The first-order valence-electron chi connectivity index (χ1n) is 6.31. The van der Waals surface area contributed by atoms with E-state index in [1.54, 1.807) is 12.1 Å². The van der Waals surface area contributed by atoms with E-state index >= 15 is 0 Å². The number of carbonyl (C=O) groups excluding carboxylic acids is 1. The van der Waals surface area contributed by atoms with Crippen molar-refractivity contribution in [3.05, 3.63) is 59.8 Å². The summed E-state index contributed by atoms with van der Waals surface area (Å²) in [4.78, 5) is 15.8. The summed E-state index contributed by atoms with van der Waals surface area (Å²) in [5, 5.41) is 11.3. The number of ether oxygens (including phenoxy) is 1. The minimum atomic E-state index is -0.258. The maximum absolute atomic E-state index is 11.7. The van der Waals surface area contributed by atoms with Gasteiger partial charge in [-0.3, -0.25) is 4.79 Å². The lowest BCUT2D eigenvalue weighted by Crippen LogP contribution is -2.26. The monoisotopic (exact) mass is 272 g/mol. The lowest BCUT2D eigenvalue weighted by molar-refractivity contribution is 0.0944. The van der Waals surface area contributed by atoms with E-state index in [1.165, 1.54) is 6.20 Å². The molecule has 0 fully saturated rings. The zero-order chi connectivity index (χ0) is 14.2. The van der Waals surface area contributed by atoms with Crippen molar-refractivity contribution in [3.8, 4) is 5.88 Å². The van der Waals surface area contributed by atoms with Gasteiger partial charge in [0.1, 0.15) is 6.61 Å². The molecule has 1 aromatic carbocycles. The van der Waals surface area contributed by atoms with Gasteiger partial charge in [0.2, 0.25) is 5.88 Å². The van der Waals surface area contributed by atoms with Gasteiger partial charge in [0.15, 0.2) is 0 Å². The second-order valence-corrected chi connectivity index (χ2v) is 4.14. The van der Waals surface area contributed by atoms with Crippen molar-refractivity contribution in [2.24, 2.45) is 0 Å². The topological polar surface area (TPSA) is 71.5 Å². The van der Waals surface area contributed by atoms with Gasteiger partial charge in [0.05, 0.1) is 6.61 Å². The molecule has 0 atom stereocenters. The molecule has 0 bridgehead atoms. The Kier molecular flexibility index (Phi) is 5.08. The molecule has 1 aromatic heterocycles. The van der Waals surface area contributed by atoms with Gasteiger partial charge >= 0.3 is 0 Å². The summed E-state index contributed by atoms with van der Waals surface area (Å²) in [6.07, 6.45) is 1.52. The number of aromatic nitrogens is 1. The van der Waals surface area contributed by atoms with Gasteiger partial charge in [-0.15, -0.1) is 0 Å². The van der Waals surface area contributed by atoms with Crippen molar-refractivity contribution >= 4 is 5.91 Å². The van der Waals surface area contributed by atoms with Crippen LogP contribution in [-0.4, -0.2) is 29.1 Å². The van der Waals surface area contributed by atoms with Crippen molar-refractivity contribution in [3.63, 3.8) is 0 Å². The van der Waals surface area contributed by atoms with Gasteiger partial charge < -0.3 is 15.2 Å². The minimum absolute atomic E-state index is 0.0891. The Morgan fingerprint density at radius 1 is 1.25 bits per heavy atom. The average molecular weight is 272 g/mol. The van der Waals surface area contributed by atoms with Gasteiger partial charge in [-0.05, 0) is 11.6 Å². The fourth-order valence-electron chi connectivity index (χ4n) is 1.63. The van der Waals surface area contributed by atoms with E-state index in [4.69, 9.17) is 9.84 Å². The summed E-state index contributed by atoms with van der Waals surface area (Å²) in [6, 6.07) is 12.9. The summed E-state index contributed by atoms with van der Waals surface area (Å²) in [5.41, 5.74) is 1.49. The number of aliphatic hydroxyl groups excluding tert-OH is 1. The minimum Gasteiger partial charge on any atom is -0.473 e. The number of hydrogen-bond acceptors (Lipinski definition) is 4. The summed E-state index contributed by atoms with van der Waals surface area (Å²) >= 11 is 0. The number of hydrogen-bond donors (Lipinski definition) is 2. The van der Waals surface area contributed by atoms with E-state index in [9.17, 15) is 4.79 Å². The van der Waals surface area contributed by atoms with E-state index in [0.29, 0.717) is 18.1 Å². The Bertz CT molecular complexity index is 558. The molecular weight excluding hydrogens is 256 g/mol. The Morgan fingerprint density at radius 3 is 2.80 bits per heavy atom. The van der Waals surface area contributed by atoms with E-state index in [-0.39, 0.29) is 19.1 Å². The summed E-state index contributed by atoms with van der Waals surface area (Å²) in [5.74, 6) is 0.136. The molecule has 5 nitrogen and oxygen atoms in total. The average Bonchev–Trinajstić information content (AvgIpc) is 2.52. The molecule has 2 aromatic rings. The number of rotatable bonds is 6. The molecule has 0 spiro atoms. The Morgan fingerprint density at radius 2 is 2.05 bits per heavy atom. The quantitative estimate of drug-likeness (QED) is 0.833. The van der Waals surface area contributed by atoms with Crippen LogP contribution >= 0.6 is 0 Å². The largest absolute Gasteiger partial charge is 0.473 e. The number of nitrogens with one attached hydrogen (secondary N) is 1. The van der Waals surface area contributed by atoms with Crippen LogP contribution < -0.4 is 10.1 Å². The van der Waals surface area contributed by atoms with E-state index in [1.807, 2.05) is 30.3 Å². The molecule has 0 saturated carbocycles. The molecule has 0 aliphatic heterocycles. The fourth-order valence-corrected chi connectivity index (χ4v) is 1.63. The van der Waals surface area contributed by atoms with Crippen LogP contribution in [0.5, 0.6) is 5.88 Å². The summed E-state index contributed by atoms with van der Waals surface area (Å²) in [7, 11) is 0. The number of carbonyl (C=O) groups is 1. The van der Waals surface area contributed by atoms with Gasteiger partial charge in [-0.1, -0.05) is 30.3 Å². The van der Waals surface area contributed by atoms with Gasteiger partial charge in [-0.2, -0.15) is 0 Å². The van der Waals surface area contributed by atoms with Crippen molar-refractivity contribution in [1.82, 2.24) is 10.3 Å². The number of amides is 1. The first kappa shape index (κ1) is 14.0. The fraction of sp³-hybridized carbons (Fsp3) is 0.200. The van der Waals surface area contributed by atoms with Crippen molar-refractivity contribution in [2.45, 2.75) is 6.61 Å². The second kappa shape index (κ2) is 7.25. The maximum Gasteiger partial charge on any atom is 0.251 e. The standard InChI is InChI=1S/C15H16N2O3/c18-9-8-17-15(19)13-6-7-16-14(10-13)20-11-12-4-2-1-3-5-12/h1-7,10,18H,8-9,11H2,(H,17,19). The lowest BCUT2D eigenvalue weighted by atomic mass is 10.2. The van der Waals surface area contributed by atoms with Crippen molar-refractivity contribution in [1.29, 1.82) is 0 Å². The van der Waals surface area contributed by atoms with Crippen molar-refractivity contribution < 1.29 is 14.6 Å². The van der Waals surface area contributed by atoms with Crippen LogP contribution in [0, 0.1) is 0 Å². The molecule has 0 unspecified atom stereocenters. The van der Waals surface area contributed by atoms with Crippen LogP contribution in [0.4, 0.5) is 0 Å². The van der Waals surface area contributed by atoms with Crippen LogP contribution in [-0.2, 0) is 6.61 Å². The predicted molar refractivity (Wildman–Crippen MR) is 74.4 cm³/mol. The smallest absolute Gasteiger partial charge is 0.251 e. The highest BCUT2D eigenvalue weighted by atomic mass is 16.5. The summed E-state index contributed by atoms with van der Waals surface area (Å²) in [6.45, 7) is 0.533. The maximum atomic E-state index is 11.7. The molecule has 5 heteroatoms. The van der Waals surface area contributed by atoms with Crippen LogP contribution in [0.15, 0.2) is 48.7 Å². The first-order valence-corrected chi connectivity index (χ1v) is 6.31. The number of benzene rings is 1. The molecule has 20 heavy (non-hydrogen) atoms. The highest BCUT2D eigenvalue weighted by Gasteiger charge is 2.06. The zero-order valence-corrected chi connectivity index (χ0v) is 11.0. The van der Waals surface area contributed by atoms with Crippen LogP contribution in [0.3, 0.4) is 0 Å². The van der Waals surface area contributed by atoms with Gasteiger partial charge in [0, 0.05) is 24.4 Å². The molecule has 0 radical (unpaired) electrons. The summed E-state index contributed by atoms with van der Waals surface area (Å²) < 4.78 is 5.55. The SMILES string of the molecule is O=C(NCCO)c1ccnc(OCc2ccccc2)c1. The normalized spacial score (nSPS) is 10.1. The molecule has 1 amide bonds. The van der Waals surface area contributed by atoms with Crippen molar-refractivity contribution in [2.75, 3.05) is 13.2 Å². The Labute approximate surface area is 117 Å². The molecule has 104 valence electrons. The number of pyridine rings is 1. The number of aliphatic hydroxyl groups is 1. The highest BCUT2D eigenvalue weighted by molar-refractivity contribution is 5.94. The van der Waals surface area contributed by atoms with E-state index in [0.717, 1.165) is 5.56 Å². The number of nitrogens with zero attached hydrogens (tertiary/aromatic N) is 1. The molecule has 0 aliphatic rings. The van der Waals surface area contributed by atoms with E-state index < -0.39 is 0 Å². The molecule has 0 aliphatic carbocycles. The highest BCUT2D eigenvalue weighted by Crippen LogP contribution is 2.11. The molecular formula is C15H16N2O3. The molecule has 2 rings (SSSR count). The van der Waals surface area contributed by atoms with Crippen LogP contribution in [0.1, 0.15) is 15.9 Å². The third-order valence-electron chi connectivity index (χ3n) is 2.62. The third kappa shape index (κ3) is 4.07. The Hall–Kier alpha value is -2.40. The van der Waals surface area contributed by atoms with Gasteiger partial charge in [0.25, 0.3) is 5.91 Å². The predicted octanol–water partition coefficient (Wildman–Crippen LogP) is 1.38. The molecule has 2 N–H and O–H groups in total. The van der Waals surface area contributed by atoms with Crippen LogP contribution in [0.2, 0.25) is 0 Å². The zero-order valence-electron chi connectivity index (χ0n) is 11.0. The van der Waals surface area contributed by atoms with E-state index in [2.05, 4.69) is 10.3 Å². The van der Waals surface area contributed by atoms with Gasteiger partial charge in [-0.25, -0.2) is 4.98 Å². The second-order valence-electron chi connectivity index (χ2n) is 4.14. The lowest BCUT2D eigenvalue weighted by Gasteiger charge is -2.07. The molecule has 1 heterocycles. The Balaban J connectivity index is 1.97. The first-order chi connectivity index (χ1) is 9.79. The van der Waals surface area contributed by atoms with Crippen LogP contribution in [0.25, 0.3) is 0 Å².